The number of aromatic nitrogens is 1. The summed E-state index contributed by atoms with van der Waals surface area (Å²) in [7, 11) is 0. The summed E-state index contributed by atoms with van der Waals surface area (Å²) < 4.78 is 6.57. The molecule has 0 fully saturated rings. The molecule has 0 radical (unpaired) electrons. The normalized spacial score (nSPS) is 10.7. The van der Waals surface area contributed by atoms with Crippen LogP contribution in [0.1, 0.15) is 19.5 Å². The maximum Gasteiger partial charge on any atom is 0.138 e. The Kier molecular flexibility index (Phi) is 5.26. The van der Waals surface area contributed by atoms with Gasteiger partial charge in [0.15, 0.2) is 0 Å². The number of anilines is 1. The summed E-state index contributed by atoms with van der Waals surface area (Å²) in [6, 6.07) is 9.62. The summed E-state index contributed by atoms with van der Waals surface area (Å²) in [5.74, 6) is 0.703. The van der Waals surface area contributed by atoms with Crippen molar-refractivity contribution in [1.29, 1.82) is 0 Å². The number of halogens is 2. The van der Waals surface area contributed by atoms with Gasteiger partial charge in [-0.2, -0.15) is 0 Å². The van der Waals surface area contributed by atoms with Crippen LogP contribution >= 0.6 is 27.5 Å². The fourth-order valence-electron chi connectivity index (χ4n) is 1.66. The Bertz CT molecular complexity index is 573. The number of pyridine rings is 1. The molecule has 0 aliphatic rings. The lowest BCUT2D eigenvalue weighted by atomic mass is 10.2. The molecule has 0 saturated heterocycles. The van der Waals surface area contributed by atoms with Crippen molar-refractivity contribution in [3.05, 3.63) is 51.7 Å². The number of hydrogen-bond acceptors (Lipinski definition) is 3. The Morgan fingerprint density at radius 2 is 2.10 bits per heavy atom. The monoisotopic (exact) mass is 354 g/mol. The summed E-state index contributed by atoms with van der Waals surface area (Å²) >= 11 is 9.55. The van der Waals surface area contributed by atoms with Gasteiger partial charge in [0.25, 0.3) is 0 Å². The molecule has 0 unspecified atom stereocenters. The first-order chi connectivity index (χ1) is 9.54. The van der Waals surface area contributed by atoms with E-state index in [4.69, 9.17) is 16.3 Å². The smallest absolute Gasteiger partial charge is 0.138 e. The molecular weight excluding hydrogens is 340 g/mol. The Balaban J connectivity index is 1.99. The number of nitrogens with one attached hydrogen (secondary N) is 1. The number of benzene rings is 1. The van der Waals surface area contributed by atoms with Crippen molar-refractivity contribution in [2.24, 2.45) is 0 Å². The van der Waals surface area contributed by atoms with Gasteiger partial charge >= 0.3 is 0 Å². The third-order valence-corrected chi connectivity index (χ3v) is 3.32. The molecule has 2 aromatic rings. The number of hydrogen-bond donors (Lipinski definition) is 1. The summed E-state index contributed by atoms with van der Waals surface area (Å²) in [5, 5.41) is 3.89. The average molecular weight is 356 g/mol. The van der Waals surface area contributed by atoms with Crippen LogP contribution in [0.25, 0.3) is 0 Å². The number of rotatable bonds is 5. The summed E-state index contributed by atoms with van der Waals surface area (Å²) in [4.78, 5) is 4.31. The highest BCUT2D eigenvalue weighted by molar-refractivity contribution is 9.10. The highest BCUT2D eigenvalue weighted by Gasteiger charge is 2.05. The van der Waals surface area contributed by atoms with E-state index in [-0.39, 0.29) is 6.10 Å². The molecule has 3 nitrogen and oxygen atoms in total. The lowest BCUT2D eigenvalue weighted by Crippen LogP contribution is -2.06. The van der Waals surface area contributed by atoms with E-state index in [2.05, 4.69) is 26.2 Å². The molecule has 0 atom stereocenters. The van der Waals surface area contributed by atoms with Gasteiger partial charge in [-0.25, -0.2) is 0 Å². The van der Waals surface area contributed by atoms with E-state index in [1.807, 2.05) is 44.2 Å². The van der Waals surface area contributed by atoms with Crippen LogP contribution in [0.4, 0.5) is 5.69 Å². The van der Waals surface area contributed by atoms with Crippen LogP contribution in [-0.4, -0.2) is 11.1 Å². The number of ether oxygens (including phenoxy) is 1. The van der Waals surface area contributed by atoms with Gasteiger partial charge in [0.05, 0.1) is 23.4 Å². The summed E-state index contributed by atoms with van der Waals surface area (Å²) in [6.07, 6.45) is 1.89. The van der Waals surface area contributed by atoms with E-state index in [9.17, 15) is 0 Å². The second kappa shape index (κ2) is 6.95. The largest absolute Gasteiger partial charge is 0.489 e. The van der Waals surface area contributed by atoms with Crippen LogP contribution in [0, 0.1) is 0 Å². The quantitative estimate of drug-likeness (QED) is 0.828. The van der Waals surface area contributed by atoms with Crippen LogP contribution in [0.3, 0.4) is 0 Å². The number of nitrogens with zero attached hydrogens (tertiary/aromatic N) is 1. The van der Waals surface area contributed by atoms with E-state index >= 15 is 0 Å². The first-order valence-corrected chi connectivity index (χ1v) is 7.52. The molecule has 1 heterocycles. The van der Waals surface area contributed by atoms with E-state index in [0.29, 0.717) is 17.3 Å². The minimum Gasteiger partial charge on any atom is -0.489 e. The maximum atomic E-state index is 6.19. The van der Waals surface area contributed by atoms with E-state index < -0.39 is 0 Å². The van der Waals surface area contributed by atoms with Gasteiger partial charge in [-0.05, 0) is 60.1 Å². The van der Waals surface area contributed by atoms with Gasteiger partial charge in [-0.15, -0.1) is 0 Å². The lowest BCUT2D eigenvalue weighted by Gasteiger charge is -2.13. The van der Waals surface area contributed by atoms with Gasteiger partial charge in [-0.1, -0.05) is 11.6 Å². The molecule has 106 valence electrons. The first-order valence-electron chi connectivity index (χ1n) is 6.35. The molecule has 0 aliphatic carbocycles. The zero-order chi connectivity index (χ0) is 14.5. The molecule has 1 aromatic heterocycles. The maximum absolute atomic E-state index is 6.19. The standard InChI is InChI=1S/C15H16BrClN2O/c1-10(2)20-15-6-5-12(7-14(15)17)19-9-13-4-3-11(16)8-18-13/h3-8,10,19H,9H2,1-2H3. The topological polar surface area (TPSA) is 34.1 Å². The molecule has 20 heavy (non-hydrogen) atoms. The molecule has 0 saturated carbocycles. The average Bonchev–Trinajstić information content (AvgIpc) is 2.40. The fraction of sp³-hybridized carbons (Fsp3) is 0.267. The van der Waals surface area contributed by atoms with Gasteiger partial charge in [-0.3, -0.25) is 4.98 Å². The molecule has 2 rings (SSSR count). The van der Waals surface area contributed by atoms with Gasteiger partial charge in [0.1, 0.15) is 5.75 Å². The van der Waals surface area contributed by atoms with Crippen LogP contribution in [0.5, 0.6) is 5.75 Å². The van der Waals surface area contributed by atoms with Crippen molar-refractivity contribution in [1.82, 2.24) is 4.98 Å². The van der Waals surface area contributed by atoms with E-state index in [1.165, 1.54) is 0 Å². The van der Waals surface area contributed by atoms with Crippen molar-refractivity contribution < 1.29 is 4.74 Å². The lowest BCUT2D eigenvalue weighted by molar-refractivity contribution is 0.242. The molecular formula is C15H16BrClN2O. The Hall–Kier alpha value is -1.26. The highest BCUT2D eigenvalue weighted by Crippen LogP contribution is 2.28. The second-order valence-electron chi connectivity index (χ2n) is 4.63. The van der Waals surface area contributed by atoms with Gasteiger partial charge in [0, 0.05) is 16.4 Å². The van der Waals surface area contributed by atoms with Crippen molar-refractivity contribution >= 4 is 33.2 Å². The Morgan fingerprint density at radius 1 is 1.30 bits per heavy atom. The molecule has 0 spiro atoms. The minimum atomic E-state index is 0.110. The zero-order valence-electron chi connectivity index (χ0n) is 11.4. The van der Waals surface area contributed by atoms with Crippen LogP contribution in [0.2, 0.25) is 5.02 Å². The Labute approximate surface area is 132 Å². The van der Waals surface area contributed by atoms with Crippen molar-refractivity contribution in [2.75, 3.05) is 5.32 Å². The zero-order valence-corrected chi connectivity index (χ0v) is 13.7. The van der Waals surface area contributed by atoms with Gasteiger partial charge in [0.2, 0.25) is 0 Å². The molecule has 1 N–H and O–H groups in total. The fourth-order valence-corrected chi connectivity index (χ4v) is 2.12. The van der Waals surface area contributed by atoms with Crippen LogP contribution in [0.15, 0.2) is 41.0 Å². The van der Waals surface area contributed by atoms with Crippen LogP contribution < -0.4 is 10.1 Å². The Morgan fingerprint density at radius 3 is 2.70 bits per heavy atom. The van der Waals surface area contributed by atoms with Gasteiger partial charge < -0.3 is 10.1 Å². The SMILES string of the molecule is CC(C)Oc1ccc(NCc2ccc(Br)cn2)cc1Cl. The predicted octanol–water partition coefficient (Wildman–Crippen LogP) is 4.90. The molecule has 0 amide bonds. The van der Waals surface area contributed by atoms with Crippen molar-refractivity contribution in [2.45, 2.75) is 26.5 Å². The van der Waals surface area contributed by atoms with Crippen molar-refractivity contribution in [3.8, 4) is 5.75 Å². The summed E-state index contributed by atoms with van der Waals surface area (Å²) in [5.41, 5.74) is 1.91. The third-order valence-electron chi connectivity index (χ3n) is 2.56. The predicted molar refractivity (Wildman–Crippen MR) is 86.5 cm³/mol. The van der Waals surface area contributed by atoms with E-state index in [1.54, 1.807) is 6.20 Å². The van der Waals surface area contributed by atoms with E-state index in [0.717, 1.165) is 15.9 Å². The molecule has 1 aromatic carbocycles. The molecule has 0 bridgehead atoms. The second-order valence-corrected chi connectivity index (χ2v) is 5.96. The molecule has 5 heteroatoms. The third kappa shape index (κ3) is 4.39. The molecule has 0 aliphatic heterocycles. The summed E-state index contributed by atoms with van der Waals surface area (Å²) in [6.45, 7) is 4.59. The first kappa shape index (κ1) is 15.1. The van der Waals surface area contributed by atoms with Crippen LogP contribution in [-0.2, 0) is 6.54 Å². The highest BCUT2D eigenvalue weighted by atomic mass is 79.9. The minimum absolute atomic E-state index is 0.110. The van der Waals surface area contributed by atoms with Crippen molar-refractivity contribution in [3.63, 3.8) is 0 Å².